The standard InChI is InChI=1S/C38H29Cl2F3N4O7S2/c1-52-27-16-31(37(54-3)35(17-27)56(50,51)47-25-13-22(18-44-20-25)28-7-4-5-10-32(28)38(41,42)43)30-9-6-8-29(36(30)40)23-14-26(21-45-19-23)46-55(48,49)34-15-24(39)11-12-33(34)53-2/h4-21,46-47H,1-3H3. The lowest BCUT2D eigenvalue weighted by molar-refractivity contribution is -0.137. The van der Waals surface area contributed by atoms with Gasteiger partial charge in [0, 0.05) is 51.3 Å². The summed E-state index contributed by atoms with van der Waals surface area (Å²) in [5, 5.41) is 0.299. The summed E-state index contributed by atoms with van der Waals surface area (Å²) < 4.78 is 117. The van der Waals surface area contributed by atoms with Gasteiger partial charge in [0.15, 0.2) is 0 Å². The molecule has 2 N–H and O–H groups in total. The van der Waals surface area contributed by atoms with E-state index < -0.39 is 31.8 Å². The predicted octanol–water partition coefficient (Wildman–Crippen LogP) is 9.43. The maximum Gasteiger partial charge on any atom is 0.417 e. The number of nitrogens with one attached hydrogen (secondary N) is 2. The van der Waals surface area contributed by atoms with Crippen LogP contribution in [0.25, 0.3) is 33.4 Å². The Morgan fingerprint density at radius 3 is 1.80 bits per heavy atom. The summed E-state index contributed by atoms with van der Waals surface area (Å²) in [7, 11) is -4.82. The highest BCUT2D eigenvalue weighted by Gasteiger charge is 2.34. The monoisotopic (exact) mass is 844 g/mol. The number of pyridine rings is 2. The van der Waals surface area contributed by atoms with Gasteiger partial charge in [0.2, 0.25) is 0 Å². The topological polar surface area (TPSA) is 146 Å². The van der Waals surface area contributed by atoms with Gasteiger partial charge in [-0.1, -0.05) is 59.6 Å². The Labute approximate surface area is 330 Å². The van der Waals surface area contributed by atoms with E-state index in [9.17, 15) is 30.0 Å². The van der Waals surface area contributed by atoms with E-state index in [0.29, 0.717) is 16.7 Å². The molecule has 0 unspecified atom stereocenters. The van der Waals surface area contributed by atoms with Crippen LogP contribution in [0.1, 0.15) is 5.56 Å². The molecule has 290 valence electrons. The first kappa shape index (κ1) is 40.1. The molecule has 2 aromatic heterocycles. The second kappa shape index (κ2) is 15.9. The van der Waals surface area contributed by atoms with Crippen LogP contribution in [0.15, 0.2) is 120 Å². The first-order valence-corrected chi connectivity index (χ1v) is 19.8. The molecule has 0 fully saturated rings. The van der Waals surface area contributed by atoms with Crippen LogP contribution in [0.4, 0.5) is 24.5 Å². The molecule has 2 heterocycles. The number of ether oxygens (including phenoxy) is 3. The van der Waals surface area contributed by atoms with Gasteiger partial charge in [-0.2, -0.15) is 13.2 Å². The average Bonchev–Trinajstić information content (AvgIpc) is 3.17. The molecular weight excluding hydrogens is 816 g/mol. The van der Waals surface area contributed by atoms with Crippen molar-refractivity contribution in [2.75, 3.05) is 30.8 Å². The summed E-state index contributed by atoms with van der Waals surface area (Å²) in [6.07, 6.45) is 0.432. The number of benzene rings is 4. The Kier molecular flexibility index (Phi) is 11.4. The molecule has 6 rings (SSSR count). The Hall–Kier alpha value is -5.55. The number of rotatable bonds is 12. The number of halogens is 5. The van der Waals surface area contributed by atoms with Gasteiger partial charge < -0.3 is 14.2 Å². The van der Waals surface area contributed by atoms with Gasteiger partial charge in [-0.3, -0.25) is 19.4 Å². The second-order valence-electron chi connectivity index (χ2n) is 11.8. The molecule has 0 saturated heterocycles. The minimum absolute atomic E-state index is 0.0237. The second-order valence-corrected chi connectivity index (χ2v) is 16.0. The fraction of sp³-hybridized carbons (Fsp3) is 0.105. The summed E-state index contributed by atoms with van der Waals surface area (Å²) in [6, 6.07) is 19.4. The number of nitrogens with zero attached hydrogens (tertiary/aromatic N) is 2. The molecule has 0 spiro atoms. The quantitative estimate of drug-likeness (QED) is 0.123. The van der Waals surface area contributed by atoms with Crippen LogP contribution in [0, 0.1) is 0 Å². The Bertz CT molecular complexity index is 2680. The van der Waals surface area contributed by atoms with E-state index in [1.54, 1.807) is 18.2 Å². The molecule has 4 aromatic carbocycles. The Balaban J connectivity index is 1.38. The minimum atomic E-state index is -4.67. The minimum Gasteiger partial charge on any atom is -0.497 e. The highest BCUT2D eigenvalue weighted by molar-refractivity contribution is 7.93. The van der Waals surface area contributed by atoms with E-state index in [4.69, 9.17) is 37.4 Å². The fourth-order valence-corrected chi connectivity index (χ4v) is 8.86. The first-order chi connectivity index (χ1) is 26.6. The van der Waals surface area contributed by atoms with Crippen molar-refractivity contribution in [2.24, 2.45) is 0 Å². The molecule has 18 heteroatoms. The van der Waals surface area contributed by atoms with E-state index in [1.165, 1.54) is 101 Å². The van der Waals surface area contributed by atoms with Gasteiger partial charge in [-0.15, -0.1) is 0 Å². The molecule has 11 nitrogen and oxygen atoms in total. The largest absolute Gasteiger partial charge is 0.497 e. The highest BCUT2D eigenvalue weighted by Crippen LogP contribution is 2.45. The molecular formula is C38H29Cl2F3N4O7S2. The van der Waals surface area contributed by atoms with Gasteiger partial charge >= 0.3 is 6.18 Å². The number of hydrogen-bond acceptors (Lipinski definition) is 9. The summed E-state index contributed by atoms with van der Waals surface area (Å²) in [5.41, 5.74) is 0.175. The van der Waals surface area contributed by atoms with Crippen LogP contribution in [-0.4, -0.2) is 48.1 Å². The van der Waals surface area contributed by atoms with Crippen LogP contribution in [0.5, 0.6) is 17.2 Å². The number of aromatic nitrogens is 2. The number of anilines is 2. The third-order valence-electron chi connectivity index (χ3n) is 8.30. The third kappa shape index (κ3) is 8.33. The zero-order valence-corrected chi connectivity index (χ0v) is 32.5. The Morgan fingerprint density at radius 1 is 0.607 bits per heavy atom. The van der Waals surface area contributed by atoms with Gasteiger partial charge in [0.05, 0.1) is 55.7 Å². The summed E-state index contributed by atoms with van der Waals surface area (Å²) in [6.45, 7) is 0. The summed E-state index contributed by atoms with van der Waals surface area (Å²) >= 11 is 13.1. The zero-order valence-electron chi connectivity index (χ0n) is 29.4. The van der Waals surface area contributed by atoms with Crippen LogP contribution in [0.3, 0.4) is 0 Å². The number of hydrogen-bond donors (Lipinski definition) is 2. The molecule has 0 atom stereocenters. The fourth-order valence-electron chi connectivity index (χ4n) is 5.82. The molecule has 0 aliphatic carbocycles. The van der Waals surface area contributed by atoms with Crippen LogP contribution in [0.2, 0.25) is 10.0 Å². The number of methoxy groups -OCH3 is 3. The van der Waals surface area contributed by atoms with Crippen molar-refractivity contribution >= 4 is 54.6 Å². The average molecular weight is 846 g/mol. The zero-order chi connectivity index (χ0) is 40.4. The van der Waals surface area contributed by atoms with Crippen LogP contribution in [-0.2, 0) is 26.2 Å². The van der Waals surface area contributed by atoms with Crippen molar-refractivity contribution in [1.29, 1.82) is 0 Å². The summed E-state index contributed by atoms with van der Waals surface area (Å²) in [5.74, 6) is 0.0320. The smallest absolute Gasteiger partial charge is 0.417 e. The maximum absolute atomic E-state index is 14.0. The van der Waals surface area contributed by atoms with Crippen molar-refractivity contribution in [2.45, 2.75) is 16.0 Å². The van der Waals surface area contributed by atoms with E-state index in [0.717, 1.165) is 12.3 Å². The molecule has 0 saturated carbocycles. The van der Waals surface area contributed by atoms with Crippen molar-refractivity contribution in [3.63, 3.8) is 0 Å². The summed E-state index contributed by atoms with van der Waals surface area (Å²) in [4.78, 5) is 7.60. The maximum atomic E-state index is 14.0. The van der Waals surface area contributed by atoms with Crippen LogP contribution < -0.4 is 23.7 Å². The third-order valence-corrected chi connectivity index (χ3v) is 11.7. The van der Waals surface area contributed by atoms with Crippen molar-refractivity contribution in [3.8, 4) is 50.6 Å². The lowest BCUT2D eigenvalue weighted by atomic mass is 9.98. The first-order valence-electron chi connectivity index (χ1n) is 16.1. The molecule has 0 radical (unpaired) electrons. The molecule has 0 aliphatic heterocycles. The van der Waals surface area contributed by atoms with E-state index in [-0.39, 0.29) is 65.1 Å². The lowest BCUT2D eigenvalue weighted by Crippen LogP contribution is -2.15. The van der Waals surface area contributed by atoms with Gasteiger partial charge in [0.1, 0.15) is 27.0 Å². The SMILES string of the molecule is COc1cc(-c2cccc(-c3cncc(NS(=O)(=O)c4cc(Cl)ccc4OC)c3)c2Cl)c(OC)c(S(=O)(=O)Nc2cncc(-c3ccccc3C(F)(F)F)c2)c1. The van der Waals surface area contributed by atoms with E-state index in [2.05, 4.69) is 19.4 Å². The molecule has 0 aliphatic rings. The lowest BCUT2D eigenvalue weighted by Gasteiger charge is -2.19. The van der Waals surface area contributed by atoms with E-state index in [1.807, 2.05) is 0 Å². The Morgan fingerprint density at radius 2 is 1.20 bits per heavy atom. The van der Waals surface area contributed by atoms with Gasteiger partial charge in [-0.25, -0.2) is 16.8 Å². The number of alkyl halides is 3. The van der Waals surface area contributed by atoms with Crippen LogP contribution >= 0.6 is 23.2 Å². The van der Waals surface area contributed by atoms with Gasteiger partial charge in [-0.05, 0) is 48.0 Å². The van der Waals surface area contributed by atoms with E-state index >= 15 is 0 Å². The van der Waals surface area contributed by atoms with Crippen molar-refractivity contribution in [1.82, 2.24) is 9.97 Å². The molecule has 56 heavy (non-hydrogen) atoms. The van der Waals surface area contributed by atoms with Gasteiger partial charge in [0.25, 0.3) is 20.0 Å². The van der Waals surface area contributed by atoms with Crippen molar-refractivity contribution in [3.05, 3.63) is 125 Å². The molecule has 0 bridgehead atoms. The normalized spacial score (nSPS) is 11.9. The molecule has 6 aromatic rings. The highest BCUT2D eigenvalue weighted by atomic mass is 35.5. The molecule has 0 amide bonds. The predicted molar refractivity (Wildman–Crippen MR) is 208 cm³/mol. The van der Waals surface area contributed by atoms with Crippen molar-refractivity contribution < 1.29 is 44.2 Å². The number of sulfonamides is 2.